The molecule has 2 heterocycles. The predicted molar refractivity (Wildman–Crippen MR) is 112 cm³/mol. The molecule has 11 heteroatoms. The van der Waals surface area contributed by atoms with E-state index in [2.05, 4.69) is 19.7 Å². The van der Waals surface area contributed by atoms with Gasteiger partial charge in [0.25, 0.3) is 0 Å². The summed E-state index contributed by atoms with van der Waals surface area (Å²) < 4.78 is 52.6. The fourth-order valence-corrected chi connectivity index (χ4v) is 3.79. The molecule has 2 aromatic heterocycles. The van der Waals surface area contributed by atoms with E-state index in [0.717, 1.165) is 12.0 Å². The van der Waals surface area contributed by atoms with Crippen LogP contribution in [0, 0.1) is 6.92 Å². The first-order chi connectivity index (χ1) is 14.0. The fraction of sp³-hybridized carbons (Fsp3) is 0.368. The van der Waals surface area contributed by atoms with Gasteiger partial charge in [-0.1, -0.05) is 0 Å². The van der Waals surface area contributed by atoms with Gasteiger partial charge in [-0.2, -0.15) is 13.8 Å². The number of nitrogens with one attached hydrogen (secondary N) is 1. The second-order valence-electron chi connectivity index (χ2n) is 6.16. The summed E-state index contributed by atoms with van der Waals surface area (Å²) in [6.07, 6.45) is 2.37. The molecule has 0 saturated carbocycles. The molecule has 0 aliphatic heterocycles. The molecule has 3 rings (SSSR count). The Morgan fingerprint density at radius 1 is 1.23 bits per heavy atom. The van der Waals surface area contributed by atoms with Crippen molar-refractivity contribution in [1.29, 1.82) is 0 Å². The molecule has 0 saturated heterocycles. The van der Waals surface area contributed by atoms with Crippen LogP contribution in [0.15, 0.2) is 35.6 Å². The average molecular weight is 468 g/mol. The van der Waals surface area contributed by atoms with E-state index < -0.39 is 17.8 Å². The van der Waals surface area contributed by atoms with Crippen LogP contribution in [0.4, 0.5) is 8.78 Å². The molecule has 0 aliphatic carbocycles. The van der Waals surface area contributed by atoms with Gasteiger partial charge in [-0.15, -0.1) is 0 Å². The molecule has 0 fully saturated rings. The van der Waals surface area contributed by atoms with Crippen LogP contribution in [-0.2, 0) is 21.7 Å². The predicted octanol–water partition coefficient (Wildman–Crippen LogP) is 2.67. The maximum absolute atomic E-state index is 12.8. The molecule has 160 valence electrons. The van der Waals surface area contributed by atoms with E-state index in [4.69, 9.17) is 9.47 Å². The molecular formula is C19H23CaF2N3O4S. The third-order valence-corrected chi connectivity index (χ3v) is 5.31. The third-order valence-electron chi connectivity index (χ3n) is 4.15. The number of halogens is 2. The van der Waals surface area contributed by atoms with E-state index >= 15 is 0 Å². The molecule has 7 nitrogen and oxygen atoms in total. The summed E-state index contributed by atoms with van der Waals surface area (Å²) in [5, 5.41) is 0.238. The Morgan fingerprint density at radius 2 is 2.03 bits per heavy atom. The summed E-state index contributed by atoms with van der Waals surface area (Å²) >= 11 is -1.51. The Balaban J connectivity index is 0.00000320. The number of imidazole rings is 1. The SMILES string of the molecule is COCCCOc1ccnc(C[S+]([O-])c2nc3cc(OC(F)F)ccc3[nH]2)c1C.[CaH2]. The van der Waals surface area contributed by atoms with Gasteiger partial charge in [0.05, 0.1) is 23.3 Å². The van der Waals surface area contributed by atoms with E-state index in [1.807, 2.05) is 6.92 Å². The Morgan fingerprint density at radius 3 is 2.77 bits per heavy atom. The van der Waals surface area contributed by atoms with Crippen molar-refractivity contribution in [2.24, 2.45) is 0 Å². The van der Waals surface area contributed by atoms with Crippen molar-refractivity contribution in [2.75, 3.05) is 20.3 Å². The molecule has 1 unspecified atom stereocenters. The van der Waals surface area contributed by atoms with Crippen molar-refractivity contribution < 1.29 is 27.5 Å². The molecular weight excluding hydrogens is 444 g/mol. The van der Waals surface area contributed by atoms with Gasteiger partial charge in [-0.05, 0) is 25.1 Å². The molecule has 0 amide bonds. The van der Waals surface area contributed by atoms with Gasteiger partial charge in [0, 0.05) is 49.1 Å². The second kappa shape index (κ2) is 12.0. The van der Waals surface area contributed by atoms with E-state index in [0.29, 0.717) is 35.7 Å². The Bertz CT molecular complexity index is 961. The monoisotopic (exact) mass is 467 g/mol. The van der Waals surface area contributed by atoms with Gasteiger partial charge in [0.2, 0.25) is 0 Å². The number of H-pyrrole nitrogens is 1. The number of benzene rings is 1. The number of alkyl halides is 2. The topological polar surface area (TPSA) is 92.3 Å². The molecule has 1 aromatic carbocycles. The van der Waals surface area contributed by atoms with E-state index in [9.17, 15) is 13.3 Å². The van der Waals surface area contributed by atoms with Gasteiger partial charge < -0.3 is 18.8 Å². The average Bonchev–Trinajstić information content (AvgIpc) is 3.11. The number of pyridine rings is 1. The number of aromatic amines is 1. The minimum atomic E-state index is -2.92. The summed E-state index contributed by atoms with van der Waals surface area (Å²) in [4.78, 5) is 11.5. The van der Waals surface area contributed by atoms with Crippen LogP contribution in [-0.4, -0.2) is 84.2 Å². The first-order valence-electron chi connectivity index (χ1n) is 8.87. The summed E-state index contributed by atoms with van der Waals surface area (Å²) in [5.74, 6) is 0.815. The molecule has 1 atom stereocenters. The molecule has 3 aromatic rings. The van der Waals surface area contributed by atoms with Crippen molar-refractivity contribution in [3.8, 4) is 11.5 Å². The zero-order chi connectivity index (χ0) is 20.8. The number of fused-ring (bicyclic) bond motifs is 1. The first kappa shape index (κ1) is 25.1. The number of nitrogens with zero attached hydrogens (tertiary/aromatic N) is 2. The maximum atomic E-state index is 12.8. The number of rotatable bonds is 10. The zero-order valence-electron chi connectivity index (χ0n) is 16.0. The summed E-state index contributed by atoms with van der Waals surface area (Å²) in [7, 11) is 1.63. The van der Waals surface area contributed by atoms with Gasteiger partial charge >= 0.3 is 49.5 Å². The Kier molecular flexibility index (Phi) is 10.1. The van der Waals surface area contributed by atoms with E-state index in [-0.39, 0.29) is 54.4 Å². The van der Waals surface area contributed by atoms with Gasteiger partial charge in [0.1, 0.15) is 11.5 Å². The van der Waals surface area contributed by atoms with Crippen LogP contribution in [0.1, 0.15) is 17.7 Å². The molecule has 0 spiro atoms. The van der Waals surface area contributed by atoms with Crippen LogP contribution < -0.4 is 9.47 Å². The zero-order valence-corrected chi connectivity index (χ0v) is 16.8. The Hall–Kier alpha value is -1.17. The summed E-state index contributed by atoms with van der Waals surface area (Å²) in [6, 6.07) is 6.09. The Labute approximate surface area is 205 Å². The molecule has 0 aliphatic rings. The second-order valence-corrected chi connectivity index (χ2v) is 7.53. The number of ether oxygens (including phenoxy) is 3. The molecule has 0 bridgehead atoms. The molecule has 0 radical (unpaired) electrons. The number of methoxy groups -OCH3 is 1. The summed E-state index contributed by atoms with van der Waals surface area (Å²) in [5.41, 5.74) is 2.41. The van der Waals surface area contributed by atoms with Crippen LogP contribution >= 0.6 is 0 Å². The van der Waals surface area contributed by atoms with Crippen LogP contribution in [0.2, 0.25) is 0 Å². The van der Waals surface area contributed by atoms with Gasteiger partial charge in [-0.25, -0.2) is 0 Å². The standard InChI is InChI=1S/C19H21F2N3O4S.Ca.2H/c1-12-16(22-7-6-17(12)27-9-3-8-26-2)11-29(25)19-23-14-5-4-13(28-18(20)21)10-15(14)24-19;;;/h4-7,10,18H,3,8-9,11H2,1-2H3,(H,23,24);;;. The minimum absolute atomic E-state index is 0. The van der Waals surface area contributed by atoms with Crippen molar-refractivity contribution in [3.05, 3.63) is 41.7 Å². The normalized spacial score (nSPS) is 12.1. The van der Waals surface area contributed by atoms with Crippen LogP contribution in [0.25, 0.3) is 11.0 Å². The van der Waals surface area contributed by atoms with Crippen molar-refractivity contribution >= 4 is 59.9 Å². The van der Waals surface area contributed by atoms with Crippen molar-refractivity contribution in [1.82, 2.24) is 15.0 Å². The van der Waals surface area contributed by atoms with Gasteiger partial charge in [0.15, 0.2) is 5.75 Å². The molecule has 1 N–H and O–H groups in total. The number of hydrogen-bond acceptors (Lipinski definition) is 6. The van der Waals surface area contributed by atoms with Gasteiger partial charge in [-0.3, -0.25) is 9.97 Å². The van der Waals surface area contributed by atoms with E-state index in [1.165, 1.54) is 12.1 Å². The molecule has 30 heavy (non-hydrogen) atoms. The van der Waals surface area contributed by atoms with Crippen LogP contribution in [0.3, 0.4) is 0 Å². The quantitative estimate of drug-likeness (QED) is 0.280. The number of hydrogen-bond donors (Lipinski definition) is 1. The fourth-order valence-electron chi connectivity index (χ4n) is 2.68. The van der Waals surface area contributed by atoms with Crippen molar-refractivity contribution in [2.45, 2.75) is 30.9 Å². The van der Waals surface area contributed by atoms with E-state index in [1.54, 1.807) is 25.4 Å². The first-order valence-corrected chi connectivity index (χ1v) is 10.2. The number of aromatic nitrogens is 3. The van der Waals surface area contributed by atoms with Crippen LogP contribution in [0.5, 0.6) is 11.5 Å². The third kappa shape index (κ3) is 6.66. The van der Waals surface area contributed by atoms with Crippen molar-refractivity contribution in [3.63, 3.8) is 0 Å². The summed E-state index contributed by atoms with van der Waals surface area (Å²) in [6.45, 7) is 0.0564.